The van der Waals surface area contributed by atoms with Gasteiger partial charge >= 0.3 is 0 Å². The number of hydrogen-bond donors (Lipinski definition) is 2. The van der Waals surface area contributed by atoms with Crippen molar-refractivity contribution in [3.63, 3.8) is 0 Å². The molecule has 3 N–H and O–H groups in total. The SMILES string of the molecule is Cc1noc(C)c1-c1ccc(NC(=O)C(N)C2CCC(C)CC2)cc1. The van der Waals surface area contributed by atoms with Crippen molar-refractivity contribution in [3.8, 4) is 11.1 Å². The van der Waals surface area contributed by atoms with Crippen LogP contribution in [0.1, 0.15) is 44.1 Å². The fourth-order valence-electron chi connectivity index (χ4n) is 3.70. The number of nitrogens with one attached hydrogen (secondary N) is 1. The average molecular weight is 341 g/mol. The summed E-state index contributed by atoms with van der Waals surface area (Å²) in [5, 5.41) is 6.93. The van der Waals surface area contributed by atoms with Crippen molar-refractivity contribution in [1.82, 2.24) is 5.16 Å². The maximum absolute atomic E-state index is 12.5. The van der Waals surface area contributed by atoms with Crippen molar-refractivity contribution < 1.29 is 9.32 Å². The summed E-state index contributed by atoms with van der Waals surface area (Å²) in [4.78, 5) is 12.5. The fraction of sp³-hybridized carbons (Fsp3) is 0.500. The van der Waals surface area contributed by atoms with Gasteiger partial charge in [0.1, 0.15) is 5.76 Å². The van der Waals surface area contributed by atoms with Gasteiger partial charge in [0, 0.05) is 11.3 Å². The van der Waals surface area contributed by atoms with Crippen molar-refractivity contribution in [2.45, 2.75) is 52.5 Å². The normalized spacial score (nSPS) is 21.8. The monoisotopic (exact) mass is 341 g/mol. The first-order valence-electron chi connectivity index (χ1n) is 9.05. The summed E-state index contributed by atoms with van der Waals surface area (Å²) in [6.45, 7) is 6.09. The highest BCUT2D eigenvalue weighted by Gasteiger charge is 2.28. The summed E-state index contributed by atoms with van der Waals surface area (Å²) in [6, 6.07) is 7.30. The van der Waals surface area contributed by atoms with Gasteiger partial charge in [-0.15, -0.1) is 0 Å². The Morgan fingerprint density at radius 3 is 2.40 bits per heavy atom. The van der Waals surface area contributed by atoms with Crippen LogP contribution in [-0.4, -0.2) is 17.1 Å². The lowest BCUT2D eigenvalue weighted by atomic mass is 9.79. The Labute approximate surface area is 149 Å². The van der Waals surface area contributed by atoms with Gasteiger partial charge in [-0.2, -0.15) is 0 Å². The van der Waals surface area contributed by atoms with Gasteiger partial charge in [-0.3, -0.25) is 4.79 Å². The summed E-state index contributed by atoms with van der Waals surface area (Å²) in [7, 11) is 0. The number of anilines is 1. The Kier molecular flexibility index (Phi) is 5.23. The molecule has 0 saturated heterocycles. The van der Waals surface area contributed by atoms with Crippen LogP contribution in [0.15, 0.2) is 28.8 Å². The third-order valence-electron chi connectivity index (χ3n) is 5.35. The van der Waals surface area contributed by atoms with Crippen molar-refractivity contribution in [3.05, 3.63) is 35.7 Å². The highest BCUT2D eigenvalue weighted by Crippen LogP contribution is 2.31. The summed E-state index contributed by atoms with van der Waals surface area (Å²) in [5.41, 5.74) is 9.86. The maximum atomic E-state index is 12.5. The number of rotatable bonds is 4. The molecule has 25 heavy (non-hydrogen) atoms. The molecular weight excluding hydrogens is 314 g/mol. The molecule has 1 aliphatic rings. The first kappa shape index (κ1) is 17.7. The molecule has 0 spiro atoms. The molecule has 0 radical (unpaired) electrons. The van der Waals surface area contributed by atoms with E-state index < -0.39 is 6.04 Å². The number of carbonyl (C=O) groups is 1. The standard InChI is InChI=1S/C20H27N3O2/c1-12-4-6-16(7-5-12)19(21)20(24)22-17-10-8-15(9-11-17)18-13(2)23-25-14(18)3/h8-12,16,19H,4-7,21H2,1-3H3,(H,22,24). The first-order chi connectivity index (χ1) is 12.0. The van der Waals surface area contributed by atoms with E-state index in [0.717, 1.165) is 59.9 Å². The van der Waals surface area contributed by atoms with Gasteiger partial charge in [0.05, 0.1) is 11.7 Å². The minimum atomic E-state index is -0.435. The fourth-order valence-corrected chi connectivity index (χ4v) is 3.70. The summed E-state index contributed by atoms with van der Waals surface area (Å²) in [5.74, 6) is 1.74. The van der Waals surface area contributed by atoms with Crippen molar-refractivity contribution in [2.24, 2.45) is 17.6 Å². The van der Waals surface area contributed by atoms with Crippen LogP contribution >= 0.6 is 0 Å². The number of nitrogens with two attached hydrogens (primary N) is 1. The van der Waals surface area contributed by atoms with Crippen LogP contribution in [0.25, 0.3) is 11.1 Å². The summed E-state index contributed by atoms with van der Waals surface area (Å²) < 4.78 is 5.21. The Morgan fingerprint density at radius 1 is 1.20 bits per heavy atom. The van der Waals surface area contributed by atoms with E-state index in [-0.39, 0.29) is 11.8 Å². The molecule has 2 aromatic rings. The molecule has 1 aromatic carbocycles. The van der Waals surface area contributed by atoms with Crippen molar-refractivity contribution >= 4 is 11.6 Å². The van der Waals surface area contributed by atoms with Gasteiger partial charge in [-0.1, -0.05) is 37.1 Å². The largest absolute Gasteiger partial charge is 0.361 e. The van der Waals surface area contributed by atoms with E-state index in [1.807, 2.05) is 38.1 Å². The third kappa shape index (κ3) is 3.93. The quantitative estimate of drug-likeness (QED) is 0.879. The predicted octanol–water partition coefficient (Wildman–Crippen LogP) is 4.05. The number of aryl methyl sites for hydroxylation is 2. The molecule has 1 heterocycles. The van der Waals surface area contributed by atoms with E-state index >= 15 is 0 Å². The zero-order valence-electron chi connectivity index (χ0n) is 15.2. The third-order valence-corrected chi connectivity index (χ3v) is 5.35. The van der Waals surface area contributed by atoms with Crippen LogP contribution < -0.4 is 11.1 Å². The van der Waals surface area contributed by atoms with Gasteiger partial charge in [-0.05, 0) is 56.2 Å². The lowest BCUT2D eigenvalue weighted by molar-refractivity contribution is -0.118. The minimum Gasteiger partial charge on any atom is -0.361 e. The highest BCUT2D eigenvalue weighted by atomic mass is 16.5. The highest BCUT2D eigenvalue weighted by molar-refractivity contribution is 5.95. The number of carbonyl (C=O) groups excluding carboxylic acids is 1. The van der Waals surface area contributed by atoms with E-state index in [4.69, 9.17) is 10.3 Å². The van der Waals surface area contributed by atoms with Crippen LogP contribution in [0.3, 0.4) is 0 Å². The second-order valence-corrected chi connectivity index (χ2v) is 7.31. The number of benzene rings is 1. The zero-order valence-corrected chi connectivity index (χ0v) is 15.2. The molecule has 1 saturated carbocycles. The molecule has 1 unspecified atom stereocenters. The van der Waals surface area contributed by atoms with Crippen molar-refractivity contribution in [1.29, 1.82) is 0 Å². The first-order valence-corrected chi connectivity index (χ1v) is 9.05. The van der Waals surface area contributed by atoms with Gasteiger partial charge in [0.25, 0.3) is 0 Å². The Balaban J connectivity index is 1.64. The summed E-state index contributed by atoms with van der Waals surface area (Å²) in [6.07, 6.45) is 4.41. The number of nitrogens with zero attached hydrogens (tertiary/aromatic N) is 1. The Morgan fingerprint density at radius 2 is 1.84 bits per heavy atom. The van der Waals surface area contributed by atoms with Gasteiger partial charge in [0.15, 0.2) is 0 Å². The maximum Gasteiger partial charge on any atom is 0.241 e. The topological polar surface area (TPSA) is 81.2 Å². The lowest BCUT2D eigenvalue weighted by Crippen LogP contribution is -2.43. The molecule has 1 amide bonds. The predicted molar refractivity (Wildman–Crippen MR) is 99.1 cm³/mol. The van der Waals surface area contributed by atoms with Crippen molar-refractivity contribution in [2.75, 3.05) is 5.32 Å². The van der Waals surface area contributed by atoms with Crippen LogP contribution in [-0.2, 0) is 4.79 Å². The van der Waals surface area contributed by atoms with Crippen LogP contribution in [0.5, 0.6) is 0 Å². The van der Waals surface area contributed by atoms with Crippen LogP contribution in [0.4, 0.5) is 5.69 Å². The van der Waals surface area contributed by atoms with Crippen LogP contribution in [0, 0.1) is 25.7 Å². The lowest BCUT2D eigenvalue weighted by Gasteiger charge is -2.29. The number of amides is 1. The van der Waals surface area contributed by atoms with Gasteiger partial charge in [0.2, 0.25) is 5.91 Å². The molecule has 5 heteroatoms. The molecule has 1 aromatic heterocycles. The average Bonchev–Trinajstić information content (AvgIpc) is 2.94. The van der Waals surface area contributed by atoms with Gasteiger partial charge < -0.3 is 15.6 Å². The molecule has 0 aliphatic heterocycles. The molecule has 1 atom stereocenters. The zero-order chi connectivity index (χ0) is 18.0. The Bertz CT molecular complexity index is 708. The van der Waals surface area contributed by atoms with E-state index in [0.29, 0.717) is 0 Å². The molecule has 134 valence electrons. The molecule has 1 aliphatic carbocycles. The number of hydrogen-bond acceptors (Lipinski definition) is 4. The molecule has 5 nitrogen and oxygen atoms in total. The number of aromatic nitrogens is 1. The second-order valence-electron chi connectivity index (χ2n) is 7.31. The van der Waals surface area contributed by atoms with E-state index in [1.54, 1.807) is 0 Å². The minimum absolute atomic E-state index is 0.0929. The van der Waals surface area contributed by atoms with E-state index in [1.165, 1.54) is 0 Å². The smallest absolute Gasteiger partial charge is 0.241 e. The molecule has 0 bridgehead atoms. The molecule has 1 fully saturated rings. The van der Waals surface area contributed by atoms with Crippen LogP contribution in [0.2, 0.25) is 0 Å². The van der Waals surface area contributed by atoms with Gasteiger partial charge in [-0.25, -0.2) is 0 Å². The Hall–Kier alpha value is -2.14. The second kappa shape index (κ2) is 7.40. The summed E-state index contributed by atoms with van der Waals surface area (Å²) >= 11 is 0. The van der Waals surface area contributed by atoms with E-state index in [9.17, 15) is 4.79 Å². The van der Waals surface area contributed by atoms with E-state index in [2.05, 4.69) is 17.4 Å². The molecule has 3 rings (SSSR count). The molecular formula is C20H27N3O2.